The van der Waals surface area contributed by atoms with Crippen LogP contribution in [0.5, 0.6) is 0 Å². The first-order valence-electron chi connectivity index (χ1n) is 7.70. The zero-order valence-electron chi connectivity index (χ0n) is 12.6. The number of aromatic nitrogens is 2. The Morgan fingerprint density at radius 2 is 1.95 bits per heavy atom. The van der Waals surface area contributed by atoms with Crippen LogP contribution in [-0.4, -0.2) is 45.8 Å². The Hall–Kier alpha value is -2.18. The van der Waals surface area contributed by atoms with Crippen LogP contribution in [0.3, 0.4) is 0 Å². The summed E-state index contributed by atoms with van der Waals surface area (Å²) >= 11 is 0. The van der Waals surface area contributed by atoms with Crippen molar-refractivity contribution in [1.29, 1.82) is 0 Å². The molecule has 0 aromatic carbocycles. The summed E-state index contributed by atoms with van der Waals surface area (Å²) < 4.78 is 0. The van der Waals surface area contributed by atoms with Crippen LogP contribution in [-0.2, 0) is 4.79 Å². The molecule has 1 aromatic rings. The van der Waals surface area contributed by atoms with Gasteiger partial charge in [0.1, 0.15) is 11.5 Å². The number of rotatable bonds is 3. The molecule has 118 valence electrons. The fourth-order valence-corrected chi connectivity index (χ4v) is 2.74. The third-order valence-electron chi connectivity index (χ3n) is 4.16. The van der Waals surface area contributed by atoms with Crippen LogP contribution >= 0.6 is 0 Å². The van der Waals surface area contributed by atoms with Gasteiger partial charge in [0, 0.05) is 31.1 Å². The molecule has 0 spiro atoms. The number of aryl methyl sites for hydroxylation is 1. The van der Waals surface area contributed by atoms with Gasteiger partial charge in [-0.15, -0.1) is 0 Å². The van der Waals surface area contributed by atoms with Gasteiger partial charge in [0.2, 0.25) is 5.91 Å². The van der Waals surface area contributed by atoms with Crippen molar-refractivity contribution in [3.8, 4) is 0 Å². The summed E-state index contributed by atoms with van der Waals surface area (Å²) in [5.74, 6) is 0.572. The monoisotopic (exact) mass is 304 g/mol. The number of likely N-dealkylation sites (tertiary alicyclic amines) is 1. The average molecular weight is 304 g/mol. The van der Waals surface area contributed by atoms with Crippen LogP contribution in [0.25, 0.3) is 0 Å². The number of H-pyrrole nitrogens is 1. The summed E-state index contributed by atoms with van der Waals surface area (Å²) in [6.07, 6.45) is 3.48. The number of carbonyl (C=O) groups excluding carboxylic acids is 2. The molecule has 1 saturated heterocycles. The first kappa shape index (κ1) is 14.7. The predicted molar refractivity (Wildman–Crippen MR) is 79.4 cm³/mol. The highest BCUT2D eigenvalue weighted by Gasteiger charge is 2.32. The summed E-state index contributed by atoms with van der Waals surface area (Å²) in [5.41, 5.74) is -0.135. The van der Waals surface area contributed by atoms with Crippen LogP contribution in [0, 0.1) is 12.8 Å². The van der Waals surface area contributed by atoms with Crippen molar-refractivity contribution < 1.29 is 9.59 Å². The Bertz CT molecular complexity index is 642. The van der Waals surface area contributed by atoms with Gasteiger partial charge < -0.3 is 15.2 Å². The van der Waals surface area contributed by atoms with Crippen molar-refractivity contribution in [2.75, 3.05) is 13.1 Å². The van der Waals surface area contributed by atoms with Crippen LogP contribution in [0.4, 0.5) is 0 Å². The lowest BCUT2D eigenvalue weighted by Crippen LogP contribution is -2.47. The van der Waals surface area contributed by atoms with Gasteiger partial charge in [0.15, 0.2) is 0 Å². The molecule has 1 aromatic heterocycles. The second-order valence-electron chi connectivity index (χ2n) is 6.07. The van der Waals surface area contributed by atoms with Crippen LogP contribution in [0.1, 0.15) is 42.0 Å². The average Bonchev–Trinajstić information content (AvgIpc) is 3.31. The maximum atomic E-state index is 12.4. The largest absolute Gasteiger partial charge is 0.353 e. The molecular formula is C15H20N4O3. The normalized spacial score (nSPS) is 19.0. The summed E-state index contributed by atoms with van der Waals surface area (Å²) in [4.78, 5) is 43.9. The minimum Gasteiger partial charge on any atom is -0.353 e. The lowest BCUT2D eigenvalue weighted by atomic mass is 10.0. The van der Waals surface area contributed by atoms with E-state index >= 15 is 0 Å². The highest BCUT2D eigenvalue weighted by Crippen LogP contribution is 2.29. The van der Waals surface area contributed by atoms with Crippen molar-refractivity contribution in [2.24, 2.45) is 5.92 Å². The lowest BCUT2D eigenvalue weighted by molar-refractivity contribution is -0.123. The van der Waals surface area contributed by atoms with E-state index in [-0.39, 0.29) is 35.0 Å². The van der Waals surface area contributed by atoms with Crippen LogP contribution in [0.2, 0.25) is 0 Å². The molecule has 2 aliphatic rings. The second-order valence-corrected chi connectivity index (χ2v) is 6.07. The molecule has 7 nitrogen and oxygen atoms in total. The molecule has 3 rings (SSSR count). The van der Waals surface area contributed by atoms with Crippen molar-refractivity contribution in [1.82, 2.24) is 20.2 Å². The summed E-state index contributed by atoms with van der Waals surface area (Å²) in [5, 5.41) is 3.05. The fourth-order valence-electron chi connectivity index (χ4n) is 2.74. The molecule has 2 N–H and O–H groups in total. The molecule has 2 fully saturated rings. The van der Waals surface area contributed by atoms with E-state index < -0.39 is 0 Å². The van der Waals surface area contributed by atoms with Gasteiger partial charge in [-0.2, -0.15) is 0 Å². The van der Waals surface area contributed by atoms with Gasteiger partial charge in [0.25, 0.3) is 11.5 Å². The van der Waals surface area contributed by atoms with E-state index in [0.29, 0.717) is 18.9 Å². The molecule has 2 amide bonds. The number of nitrogens with zero attached hydrogens (tertiary/aromatic N) is 2. The molecule has 1 saturated carbocycles. The van der Waals surface area contributed by atoms with Crippen LogP contribution in [0.15, 0.2) is 10.9 Å². The van der Waals surface area contributed by atoms with E-state index in [9.17, 15) is 14.4 Å². The standard InChI is InChI=1S/C15H20N4O3/c1-9-16-12(8-13(20)17-9)15(22)19-6-4-11(5-7-19)18-14(21)10-2-3-10/h8,10-11H,2-7H2,1H3,(H,18,21)(H,16,17,20). The van der Waals surface area contributed by atoms with Crippen molar-refractivity contribution in [3.63, 3.8) is 0 Å². The third-order valence-corrected chi connectivity index (χ3v) is 4.16. The van der Waals surface area contributed by atoms with Gasteiger partial charge in [-0.25, -0.2) is 4.98 Å². The molecule has 7 heteroatoms. The minimum atomic E-state index is -0.317. The van der Waals surface area contributed by atoms with Gasteiger partial charge in [-0.05, 0) is 32.6 Å². The Kier molecular flexibility index (Phi) is 3.96. The Labute approximate surface area is 128 Å². The van der Waals surface area contributed by atoms with Crippen molar-refractivity contribution in [2.45, 2.75) is 38.6 Å². The molecule has 0 radical (unpaired) electrons. The maximum Gasteiger partial charge on any atom is 0.272 e. The first-order chi connectivity index (χ1) is 10.5. The van der Waals surface area contributed by atoms with E-state index in [1.165, 1.54) is 6.07 Å². The van der Waals surface area contributed by atoms with Gasteiger partial charge in [-0.1, -0.05) is 0 Å². The minimum absolute atomic E-state index is 0.144. The Morgan fingerprint density at radius 3 is 2.55 bits per heavy atom. The van der Waals surface area contributed by atoms with Gasteiger partial charge in [-0.3, -0.25) is 14.4 Å². The number of hydrogen-bond donors (Lipinski definition) is 2. The summed E-state index contributed by atoms with van der Waals surface area (Å²) in [7, 11) is 0. The smallest absolute Gasteiger partial charge is 0.272 e. The van der Waals surface area contributed by atoms with E-state index in [2.05, 4.69) is 15.3 Å². The quantitative estimate of drug-likeness (QED) is 0.834. The number of aromatic amines is 1. The fraction of sp³-hybridized carbons (Fsp3) is 0.600. The van der Waals surface area contributed by atoms with E-state index in [0.717, 1.165) is 25.7 Å². The number of carbonyl (C=O) groups is 2. The Morgan fingerprint density at radius 1 is 1.27 bits per heavy atom. The molecule has 0 unspecified atom stereocenters. The number of hydrogen-bond acceptors (Lipinski definition) is 4. The zero-order valence-corrected chi connectivity index (χ0v) is 12.6. The maximum absolute atomic E-state index is 12.4. The molecule has 1 aliphatic heterocycles. The molecular weight excluding hydrogens is 284 g/mol. The first-order valence-corrected chi connectivity index (χ1v) is 7.70. The summed E-state index contributed by atoms with van der Waals surface area (Å²) in [6, 6.07) is 1.38. The third kappa shape index (κ3) is 3.35. The molecule has 2 heterocycles. The topological polar surface area (TPSA) is 95.2 Å². The van der Waals surface area contributed by atoms with Gasteiger partial charge >= 0.3 is 0 Å². The lowest BCUT2D eigenvalue weighted by Gasteiger charge is -2.32. The Balaban J connectivity index is 1.57. The number of nitrogens with one attached hydrogen (secondary N) is 2. The molecule has 22 heavy (non-hydrogen) atoms. The van der Waals surface area contributed by atoms with Crippen LogP contribution < -0.4 is 10.9 Å². The molecule has 0 bridgehead atoms. The highest BCUT2D eigenvalue weighted by atomic mass is 16.2. The van der Waals surface area contributed by atoms with Crippen molar-refractivity contribution >= 4 is 11.8 Å². The van der Waals surface area contributed by atoms with E-state index in [1.54, 1.807) is 11.8 Å². The SMILES string of the molecule is Cc1nc(C(=O)N2CCC(NC(=O)C3CC3)CC2)cc(=O)[nH]1. The van der Waals surface area contributed by atoms with E-state index in [1.807, 2.05) is 0 Å². The second kappa shape index (κ2) is 5.90. The predicted octanol–water partition coefficient (Wildman–Crippen LogP) is 0.209. The molecule has 1 aliphatic carbocycles. The molecule has 0 atom stereocenters. The highest BCUT2D eigenvalue weighted by molar-refractivity contribution is 5.92. The van der Waals surface area contributed by atoms with E-state index in [4.69, 9.17) is 0 Å². The summed E-state index contributed by atoms with van der Waals surface area (Å²) in [6.45, 7) is 2.79. The van der Waals surface area contributed by atoms with Gasteiger partial charge in [0.05, 0.1) is 0 Å². The number of amides is 2. The number of piperidine rings is 1. The van der Waals surface area contributed by atoms with Crippen molar-refractivity contribution in [3.05, 3.63) is 27.9 Å². The zero-order chi connectivity index (χ0) is 15.7.